The number of ketones is 1. The quantitative estimate of drug-likeness (QED) is 0.703. The van der Waals surface area contributed by atoms with Gasteiger partial charge in [0.25, 0.3) is 0 Å². The Morgan fingerprint density at radius 2 is 1.62 bits per heavy atom. The molecular weight excluding hydrogens is 394 g/mol. The van der Waals surface area contributed by atoms with Crippen LogP contribution in [0.15, 0.2) is 59.1 Å². The molecule has 2 aromatic rings. The molecule has 0 radical (unpaired) electrons. The molecule has 0 spiro atoms. The molecule has 26 heavy (non-hydrogen) atoms. The lowest BCUT2D eigenvalue weighted by molar-refractivity contribution is -0.154. The van der Waals surface area contributed by atoms with Crippen LogP contribution in [-0.4, -0.2) is 18.9 Å². The average Bonchev–Trinajstić information content (AvgIpc) is 2.68. The Morgan fingerprint density at radius 1 is 1.08 bits per heavy atom. The van der Waals surface area contributed by atoms with Crippen LogP contribution in [0, 0.1) is 16.7 Å². The Balaban J connectivity index is 2.21. The highest BCUT2D eigenvalue weighted by molar-refractivity contribution is 9.10. The molecule has 3 atom stereocenters. The molecule has 4 nitrogen and oxygen atoms in total. The van der Waals surface area contributed by atoms with Crippen molar-refractivity contribution in [1.82, 2.24) is 0 Å². The maximum atomic E-state index is 12.9. The predicted octanol–water partition coefficient (Wildman–Crippen LogP) is 4.36. The van der Waals surface area contributed by atoms with Gasteiger partial charge in [0.1, 0.15) is 5.78 Å². The minimum absolute atomic E-state index is 0.0431. The van der Waals surface area contributed by atoms with Crippen LogP contribution in [0.2, 0.25) is 0 Å². The van der Waals surface area contributed by atoms with Gasteiger partial charge in [0.2, 0.25) is 0 Å². The first kappa shape index (κ1) is 18.3. The molecule has 0 heterocycles. The van der Waals surface area contributed by atoms with Gasteiger partial charge in [-0.3, -0.25) is 9.59 Å². The topological polar surface area (TPSA) is 67.2 Å². The van der Waals surface area contributed by atoms with Crippen LogP contribution < -0.4 is 0 Å². The summed E-state index contributed by atoms with van der Waals surface area (Å²) in [5.41, 5.74) is 0.140. The second-order valence-electron chi connectivity index (χ2n) is 6.49. The summed E-state index contributed by atoms with van der Waals surface area (Å²) in [6.07, 6.45) is 0.299. The fraction of sp³-hybridized carbons (Fsp3) is 0.286. The van der Waals surface area contributed by atoms with Crippen molar-refractivity contribution in [3.63, 3.8) is 0 Å². The van der Waals surface area contributed by atoms with Gasteiger partial charge in [-0.15, -0.1) is 0 Å². The number of carbonyl (C=O) groups excluding carboxylic acids is 2. The highest BCUT2D eigenvalue weighted by Gasteiger charge is 2.58. The van der Waals surface area contributed by atoms with E-state index in [1.807, 2.05) is 54.6 Å². The zero-order valence-electron chi connectivity index (χ0n) is 14.3. The molecule has 0 unspecified atom stereocenters. The highest BCUT2D eigenvalue weighted by atomic mass is 79.9. The number of halogens is 1. The van der Waals surface area contributed by atoms with Crippen LogP contribution in [0.3, 0.4) is 0 Å². The average molecular weight is 412 g/mol. The number of hydrogen-bond acceptors (Lipinski definition) is 4. The summed E-state index contributed by atoms with van der Waals surface area (Å²) >= 11 is 3.39. The molecular formula is C21H18BrNO3. The van der Waals surface area contributed by atoms with Crippen LogP contribution in [0.4, 0.5) is 0 Å². The molecule has 2 aromatic carbocycles. The predicted molar refractivity (Wildman–Crippen MR) is 100 cm³/mol. The van der Waals surface area contributed by atoms with Gasteiger partial charge in [0.15, 0.2) is 5.41 Å². The van der Waals surface area contributed by atoms with Gasteiger partial charge < -0.3 is 4.74 Å². The molecule has 0 N–H and O–H groups in total. The van der Waals surface area contributed by atoms with E-state index >= 15 is 0 Å². The summed E-state index contributed by atoms with van der Waals surface area (Å²) in [6, 6.07) is 19.0. The lowest BCUT2D eigenvalue weighted by Crippen LogP contribution is -2.47. The Kier molecular flexibility index (Phi) is 5.24. The Labute approximate surface area is 160 Å². The second-order valence-corrected chi connectivity index (χ2v) is 7.40. The first-order valence-electron chi connectivity index (χ1n) is 8.34. The minimum atomic E-state index is -1.45. The molecule has 3 rings (SSSR count). The van der Waals surface area contributed by atoms with E-state index in [-0.39, 0.29) is 18.6 Å². The normalized spacial score (nSPS) is 25.3. The number of ether oxygens (including phenoxy) is 1. The Bertz CT molecular complexity index is 857. The number of hydrogen-bond donors (Lipinski definition) is 0. The van der Waals surface area contributed by atoms with Crippen LogP contribution >= 0.6 is 15.9 Å². The summed E-state index contributed by atoms with van der Waals surface area (Å²) in [5, 5.41) is 10.2. The van der Waals surface area contributed by atoms with Crippen molar-refractivity contribution in [2.24, 2.45) is 5.41 Å². The van der Waals surface area contributed by atoms with Crippen molar-refractivity contribution in [1.29, 1.82) is 5.26 Å². The van der Waals surface area contributed by atoms with Crippen molar-refractivity contribution in [2.75, 3.05) is 7.11 Å². The van der Waals surface area contributed by atoms with Crippen LogP contribution in [0.1, 0.15) is 35.8 Å². The van der Waals surface area contributed by atoms with Gasteiger partial charge in [-0.2, -0.15) is 5.26 Å². The first-order valence-corrected chi connectivity index (χ1v) is 9.14. The standard InChI is InChI=1S/C21H18BrNO3/c1-26-20(25)21(13-23)18(14-5-3-2-4-6-14)11-17(24)12-19(21)15-7-9-16(22)10-8-15/h2-10,18-19H,11-12H2,1H3/t18-,19+,21-/m0/s1. The number of nitrogens with zero attached hydrogens (tertiary/aromatic N) is 1. The number of Topliss-reactive ketones (excluding diaryl/α,β-unsaturated/α-hetero) is 1. The molecule has 0 amide bonds. The van der Waals surface area contributed by atoms with Crippen molar-refractivity contribution >= 4 is 27.7 Å². The molecule has 1 aliphatic carbocycles. The lowest BCUT2D eigenvalue weighted by Gasteiger charge is -2.42. The number of carbonyl (C=O) groups is 2. The number of benzene rings is 2. The van der Waals surface area contributed by atoms with Crippen molar-refractivity contribution < 1.29 is 14.3 Å². The number of nitriles is 1. The second kappa shape index (κ2) is 7.43. The molecule has 1 fully saturated rings. The summed E-state index contributed by atoms with van der Waals surface area (Å²) in [4.78, 5) is 25.4. The molecule has 5 heteroatoms. The summed E-state index contributed by atoms with van der Waals surface area (Å²) < 4.78 is 5.96. The molecule has 1 aliphatic rings. The third-order valence-electron chi connectivity index (χ3n) is 5.15. The van der Waals surface area contributed by atoms with Gasteiger partial charge in [0.05, 0.1) is 13.2 Å². The van der Waals surface area contributed by atoms with E-state index in [4.69, 9.17) is 4.74 Å². The molecule has 132 valence electrons. The van der Waals surface area contributed by atoms with Gasteiger partial charge in [-0.25, -0.2) is 0 Å². The van der Waals surface area contributed by atoms with Gasteiger partial charge >= 0.3 is 5.97 Å². The smallest absolute Gasteiger partial charge is 0.327 e. The van der Waals surface area contributed by atoms with Crippen molar-refractivity contribution in [3.8, 4) is 6.07 Å². The first-order chi connectivity index (χ1) is 12.5. The largest absolute Gasteiger partial charge is 0.468 e. The van der Waals surface area contributed by atoms with E-state index in [0.29, 0.717) is 0 Å². The fourth-order valence-electron chi connectivity index (χ4n) is 3.90. The third-order valence-corrected chi connectivity index (χ3v) is 5.67. The molecule has 0 aliphatic heterocycles. The van der Waals surface area contributed by atoms with Gasteiger partial charge in [-0.05, 0) is 23.3 Å². The van der Waals surface area contributed by atoms with Gasteiger partial charge in [0, 0.05) is 29.2 Å². The minimum Gasteiger partial charge on any atom is -0.468 e. The monoisotopic (exact) mass is 411 g/mol. The van der Waals surface area contributed by atoms with E-state index < -0.39 is 23.2 Å². The fourth-order valence-corrected chi connectivity index (χ4v) is 4.16. The van der Waals surface area contributed by atoms with E-state index in [9.17, 15) is 14.9 Å². The van der Waals surface area contributed by atoms with Crippen LogP contribution in [0.25, 0.3) is 0 Å². The Morgan fingerprint density at radius 3 is 2.12 bits per heavy atom. The van der Waals surface area contributed by atoms with E-state index in [1.54, 1.807) is 0 Å². The zero-order chi connectivity index (χ0) is 18.7. The molecule has 0 bridgehead atoms. The Hall–Kier alpha value is -2.45. The number of esters is 1. The van der Waals surface area contributed by atoms with E-state index in [2.05, 4.69) is 22.0 Å². The number of methoxy groups -OCH3 is 1. The van der Waals surface area contributed by atoms with Crippen LogP contribution in [0.5, 0.6) is 0 Å². The molecule has 0 saturated heterocycles. The molecule has 1 saturated carbocycles. The lowest BCUT2D eigenvalue weighted by atomic mass is 9.56. The third kappa shape index (κ3) is 3.06. The number of rotatable bonds is 3. The zero-order valence-corrected chi connectivity index (χ0v) is 15.9. The maximum Gasteiger partial charge on any atom is 0.327 e. The molecule has 0 aromatic heterocycles. The highest BCUT2D eigenvalue weighted by Crippen LogP contribution is 2.54. The summed E-state index contributed by atoms with van der Waals surface area (Å²) in [5.74, 6) is -1.65. The summed E-state index contributed by atoms with van der Waals surface area (Å²) in [7, 11) is 1.29. The van der Waals surface area contributed by atoms with Crippen molar-refractivity contribution in [2.45, 2.75) is 24.7 Å². The SMILES string of the molecule is COC(=O)[C@]1(C#N)[C@@H](c2ccc(Br)cc2)CC(=O)C[C@H]1c1ccccc1. The van der Waals surface area contributed by atoms with Gasteiger partial charge in [-0.1, -0.05) is 58.4 Å². The maximum absolute atomic E-state index is 12.9. The van der Waals surface area contributed by atoms with E-state index in [1.165, 1.54) is 7.11 Å². The summed E-state index contributed by atoms with van der Waals surface area (Å²) in [6.45, 7) is 0. The van der Waals surface area contributed by atoms with E-state index in [0.717, 1.165) is 15.6 Å². The van der Waals surface area contributed by atoms with Crippen LogP contribution in [-0.2, 0) is 14.3 Å². The van der Waals surface area contributed by atoms with Crippen molar-refractivity contribution in [3.05, 3.63) is 70.2 Å².